The molecule has 2 N–H and O–H groups in total. The molecule has 0 saturated heterocycles. The predicted molar refractivity (Wildman–Crippen MR) is 42.1 cm³/mol. The third-order valence-electron chi connectivity index (χ3n) is 1.96. The molecule has 12 heavy (non-hydrogen) atoms. The van der Waals surface area contributed by atoms with Gasteiger partial charge in [0.05, 0.1) is 6.54 Å². The van der Waals surface area contributed by atoms with E-state index in [2.05, 4.69) is 26.2 Å². The van der Waals surface area contributed by atoms with Gasteiger partial charge in [0.15, 0.2) is 0 Å². The Morgan fingerprint density at radius 2 is 2.58 bits per heavy atom. The van der Waals surface area contributed by atoms with Crippen LogP contribution in [-0.2, 0) is 0 Å². The Bertz CT molecular complexity index is 328. The van der Waals surface area contributed by atoms with Gasteiger partial charge in [0.1, 0.15) is 18.8 Å². The van der Waals surface area contributed by atoms with Crippen molar-refractivity contribution in [2.24, 2.45) is 5.10 Å². The molecule has 3 rings (SSSR count). The number of nitrogens with zero attached hydrogens (tertiary/aromatic N) is 5. The first-order chi connectivity index (χ1) is 5.95. The van der Waals surface area contributed by atoms with Crippen LogP contribution in [0.4, 0.5) is 5.95 Å². The van der Waals surface area contributed by atoms with Crippen LogP contribution in [0.5, 0.6) is 0 Å². The summed E-state index contributed by atoms with van der Waals surface area (Å²) < 4.78 is 1.77. The maximum Gasteiger partial charge on any atom is 0.253 e. The molecule has 62 valence electrons. The fraction of sp³-hybridized carbons (Fsp3) is 0.400. The molecule has 7 heteroatoms. The van der Waals surface area contributed by atoms with Gasteiger partial charge in [-0.25, -0.2) is 4.68 Å². The van der Waals surface area contributed by atoms with E-state index >= 15 is 0 Å². The van der Waals surface area contributed by atoms with E-state index in [1.54, 1.807) is 17.3 Å². The Labute approximate surface area is 68.0 Å². The van der Waals surface area contributed by atoms with Crippen LogP contribution in [0.25, 0.3) is 0 Å². The maximum atomic E-state index is 3.94. The average Bonchev–Trinajstić information content (AvgIpc) is 2.71. The molecule has 1 atom stereocenters. The smallest absolute Gasteiger partial charge is 0.253 e. The van der Waals surface area contributed by atoms with Gasteiger partial charge in [0.2, 0.25) is 0 Å². The van der Waals surface area contributed by atoms with Crippen LogP contribution in [-0.4, -0.2) is 33.9 Å². The Kier molecular flexibility index (Phi) is 0.906. The van der Waals surface area contributed by atoms with Crippen molar-refractivity contribution in [3.05, 3.63) is 6.33 Å². The summed E-state index contributed by atoms with van der Waals surface area (Å²) in [5, 5.41) is 11.7. The number of aromatic nitrogens is 3. The summed E-state index contributed by atoms with van der Waals surface area (Å²) >= 11 is 0. The second kappa shape index (κ2) is 1.87. The number of anilines is 1. The van der Waals surface area contributed by atoms with Crippen molar-refractivity contribution >= 4 is 12.3 Å². The van der Waals surface area contributed by atoms with Gasteiger partial charge in [0.25, 0.3) is 5.95 Å². The highest BCUT2D eigenvalue weighted by Gasteiger charge is 2.29. The number of rotatable bonds is 0. The van der Waals surface area contributed by atoms with Crippen molar-refractivity contribution in [2.75, 3.05) is 16.9 Å². The van der Waals surface area contributed by atoms with E-state index in [0.717, 1.165) is 12.5 Å². The first kappa shape index (κ1) is 5.81. The molecular formula is C5H7N7. The third-order valence-corrected chi connectivity index (χ3v) is 1.96. The highest BCUT2D eigenvalue weighted by atomic mass is 15.6. The van der Waals surface area contributed by atoms with E-state index in [1.807, 2.05) is 4.90 Å². The zero-order chi connectivity index (χ0) is 7.97. The molecule has 0 fully saturated rings. The molecule has 1 aromatic heterocycles. The molecule has 0 bridgehead atoms. The summed E-state index contributed by atoms with van der Waals surface area (Å²) in [7, 11) is 0. The number of hydrogen-bond donors (Lipinski definition) is 2. The minimum atomic E-state index is 0.168. The minimum absolute atomic E-state index is 0.168. The normalized spacial score (nSPS) is 24.3. The fourth-order valence-electron chi connectivity index (χ4n) is 1.36. The lowest BCUT2D eigenvalue weighted by Gasteiger charge is -2.28. The van der Waals surface area contributed by atoms with Gasteiger partial charge in [-0.15, -0.1) is 10.2 Å². The van der Waals surface area contributed by atoms with Gasteiger partial charge >= 0.3 is 0 Å². The van der Waals surface area contributed by atoms with Crippen LogP contribution in [0.3, 0.4) is 0 Å². The van der Waals surface area contributed by atoms with Crippen LogP contribution in [0.15, 0.2) is 11.4 Å². The zero-order valence-corrected chi connectivity index (χ0v) is 6.18. The summed E-state index contributed by atoms with van der Waals surface area (Å²) in [5.41, 5.74) is 6.06. The molecule has 0 amide bonds. The number of fused-ring (bicyclic) bond motifs is 3. The second-order valence-electron chi connectivity index (χ2n) is 2.66. The molecule has 1 aromatic rings. The predicted octanol–water partition coefficient (Wildman–Crippen LogP) is -1.49. The Balaban J connectivity index is 2.09. The lowest BCUT2D eigenvalue weighted by Crippen LogP contribution is -2.49. The molecule has 2 aliphatic rings. The van der Waals surface area contributed by atoms with Gasteiger partial charge in [-0.3, -0.25) is 10.3 Å². The SMILES string of the molecule is C1=NNC2CNn3cnnc3N12. The molecule has 0 spiro atoms. The van der Waals surface area contributed by atoms with E-state index in [1.165, 1.54) is 0 Å². The van der Waals surface area contributed by atoms with Crippen molar-refractivity contribution in [3.8, 4) is 0 Å². The lowest BCUT2D eigenvalue weighted by atomic mass is 10.4. The number of nitrogens with one attached hydrogen (secondary N) is 2. The van der Waals surface area contributed by atoms with Crippen molar-refractivity contribution in [3.63, 3.8) is 0 Å². The highest BCUT2D eigenvalue weighted by molar-refractivity contribution is 5.79. The molecule has 0 saturated carbocycles. The largest absolute Gasteiger partial charge is 0.318 e. The van der Waals surface area contributed by atoms with Gasteiger partial charge in [0, 0.05) is 0 Å². The maximum absolute atomic E-state index is 3.94. The molecule has 0 aromatic carbocycles. The monoisotopic (exact) mass is 165 g/mol. The highest BCUT2D eigenvalue weighted by Crippen LogP contribution is 2.15. The fourth-order valence-corrected chi connectivity index (χ4v) is 1.36. The van der Waals surface area contributed by atoms with Crippen LogP contribution in [0.1, 0.15) is 0 Å². The number of hydrogen-bond acceptors (Lipinski definition) is 6. The molecule has 1 unspecified atom stereocenters. The van der Waals surface area contributed by atoms with Gasteiger partial charge in [-0.1, -0.05) is 0 Å². The van der Waals surface area contributed by atoms with E-state index in [-0.39, 0.29) is 6.17 Å². The lowest BCUT2D eigenvalue weighted by molar-refractivity contribution is 0.545. The van der Waals surface area contributed by atoms with E-state index in [9.17, 15) is 0 Å². The Hall–Kier alpha value is -1.79. The minimum Gasteiger partial charge on any atom is -0.318 e. The third kappa shape index (κ3) is 0.576. The topological polar surface area (TPSA) is 70.4 Å². The standard InChI is InChI=1S/C5H7N7/c1-4-9-6-2-11(4)5-10-7-3-12(5)8-1/h2-4,8-9H,1H2. The Morgan fingerprint density at radius 3 is 3.58 bits per heavy atom. The van der Waals surface area contributed by atoms with E-state index in [0.29, 0.717) is 0 Å². The summed E-state index contributed by atoms with van der Waals surface area (Å²) in [6.07, 6.45) is 3.52. The molecular weight excluding hydrogens is 158 g/mol. The van der Waals surface area contributed by atoms with Crippen LogP contribution >= 0.6 is 0 Å². The zero-order valence-electron chi connectivity index (χ0n) is 6.18. The first-order valence-corrected chi connectivity index (χ1v) is 3.66. The first-order valence-electron chi connectivity index (χ1n) is 3.66. The van der Waals surface area contributed by atoms with E-state index in [4.69, 9.17) is 0 Å². The molecule has 7 nitrogen and oxygen atoms in total. The summed E-state index contributed by atoms with van der Waals surface area (Å²) in [6.45, 7) is 0.783. The van der Waals surface area contributed by atoms with Crippen LogP contribution in [0.2, 0.25) is 0 Å². The van der Waals surface area contributed by atoms with Crippen molar-refractivity contribution < 1.29 is 0 Å². The van der Waals surface area contributed by atoms with Crippen molar-refractivity contribution in [1.82, 2.24) is 20.3 Å². The summed E-state index contributed by atoms with van der Waals surface area (Å²) in [4.78, 5) is 1.93. The summed E-state index contributed by atoms with van der Waals surface area (Å²) in [5.74, 6) is 0.764. The van der Waals surface area contributed by atoms with E-state index < -0.39 is 0 Å². The van der Waals surface area contributed by atoms with Crippen LogP contribution in [0, 0.1) is 0 Å². The summed E-state index contributed by atoms with van der Waals surface area (Å²) in [6, 6.07) is 0. The average molecular weight is 165 g/mol. The van der Waals surface area contributed by atoms with Gasteiger partial charge in [-0.05, 0) is 0 Å². The molecule has 3 heterocycles. The molecule has 0 aliphatic carbocycles. The molecule has 0 radical (unpaired) electrons. The van der Waals surface area contributed by atoms with Gasteiger partial charge < -0.3 is 5.43 Å². The quantitative estimate of drug-likeness (QED) is 0.490. The molecule has 2 aliphatic heterocycles. The Morgan fingerprint density at radius 1 is 1.58 bits per heavy atom. The van der Waals surface area contributed by atoms with Crippen molar-refractivity contribution in [1.29, 1.82) is 0 Å². The van der Waals surface area contributed by atoms with Gasteiger partial charge in [-0.2, -0.15) is 5.10 Å². The number of hydrazone groups is 1. The second-order valence-corrected chi connectivity index (χ2v) is 2.66. The van der Waals surface area contributed by atoms with Crippen molar-refractivity contribution in [2.45, 2.75) is 6.17 Å². The van der Waals surface area contributed by atoms with Crippen LogP contribution < -0.4 is 15.8 Å².